The minimum atomic E-state index is 0.422. The third-order valence-corrected chi connectivity index (χ3v) is 3.52. The molecule has 0 spiro atoms. The third-order valence-electron chi connectivity index (χ3n) is 3.52. The highest BCUT2D eigenvalue weighted by atomic mass is 16.5. The fourth-order valence-corrected chi connectivity index (χ4v) is 2.47. The summed E-state index contributed by atoms with van der Waals surface area (Å²) in [4.78, 5) is 4.66. The van der Waals surface area contributed by atoms with E-state index in [2.05, 4.69) is 21.7 Å². The minimum Gasteiger partial charge on any atom is -0.486 e. The standard InChI is InChI=1S/C18H17N3O/c19-12-6-7-13-21-17-11-5-4-10-16(17)20-18(21)14-22-15-8-2-1-3-9-15/h1-5,8-11H,6-7,13-14H2. The van der Waals surface area contributed by atoms with Crippen molar-refractivity contribution in [3.05, 3.63) is 60.4 Å². The molecule has 0 fully saturated rings. The van der Waals surface area contributed by atoms with Crippen LogP contribution in [0.25, 0.3) is 11.0 Å². The molecular weight excluding hydrogens is 274 g/mol. The Labute approximate surface area is 129 Å². The van der Waals surface area contributed by atoms with Gasteiger partial charge in [-0.05, 0) is 30.7 Å². The SMILES string of the molecule is N#CCCCn1c(COc2ccccc2)nc2ccccc21. The van der Waals surface area contributed by atoms with Crippen molar-refractivity contribution < 1.29 is 4.74 Å². The molecule has 3 aromatic rings. The maximum absolute atomic E-state index is 8.73. The number of fused-ring (bicyclic) bond motifs is 1. The molecule has 0 atom stereocenters. The van der Waals surface area contributed by atoms with Gasteiger partial charge in [-0.15, -0.1) is 0 Å². The van der Waals surface area contributed by atoms with E-state index in [1.54, 1.807) is 0 Å². The zero-order valence-corrected chi connectivity index (χ0v) is 12.3. The lowest BCUT2D eigenvalue weighted by molar-refractivity contribution is 0.290. The number of imidazole rings is 1. The Balaban J connectivity index is 1.84. The molecule has 0 saturated heterocycles. The number of para-hydroxylation sites is 3. The summed E-state index contributed by atoms with van der Waals surface area (Å²) >= 11 is 0. The largest absolute Gasteiger partial charge is 0.486 e. The lowest BCUT2D eigenvalue weighted by Gasteiger charge is -2.09. The molecule has 0 aliphatic heterocycles. The van der Waals surface area contributed by atoms with Crippen LogP contribution in [0.3, 0.4) is 0 Å². The van der Waals surface area contributed by atoms with E-state index in [4.69, 9.17) is 10.00 Å². The Kier molecular flexibility index (Phi) is 4.35. The van der Waals surface area contributed by atoms with Gasteiger partial charge in [-0.3, -0.25) is 0 Å². The van der Waals surface area contributed by atoms with Crippen molar-refractivity contribution in [2.24, 2.45) is 0 Å². The number of nitriles is 1. The van der Waals surface area contributed by atoms with Gasteiger partial charge in [0.25, 0.3) is 0 Å². The molecule has 4 nitrogen and oxygen atoms in total. The first-order chi connectivity index (χ1) is 10.9. The first-order valence-electron chi connectivity index (χ1n) is 7.37. The van der Waals surface area contributed by atoms with Crippen molar-refractivity contribution >= 4 is 11.0 Å². The Bertz CT molecular complexity index is 787. The van der Waals surface area contributed by atoms with Crippen LogP contribution in [0.15, 0.2) is 54.6 Å². The van der Waals surface area contributed by atoms with E-state index in [9.17, 15) is 0 Å². The molecule has 110 valence electrons. The molecule has 0 N–H and O–H groups in total. The van der Waals surface area contributed by atoms with Gasteiger partial charge in [-0.25, -0.2) is 4.98 Å². The van der Waals surface area contributed by atoms with Gasteiger partial charge in [-0.2, -0.15) is 5.26 Å². The summed E-state index contributed by atoms with van der Waals surface area (Å²) in [5, 5.41) is 8.73. The van der Waals surface area contributed by atoms with E-state index in [1.165, 1.54) is 0 Å². The lowest BCUT2D eigenvalue weighted by atomic mass is 10.3. The molecule has 0 amide bonds. The van der Waals surface area contributed by atoms with Crippen molar-refractivity contribution in [3.8, 4) is 11.8 Å². The van der Waals surface area contributed by atoms with Crippen molar-refractivity contribution in [1.29, 1.82) is 5.26 Å². The van der Waals surface area contributed by atoms with Crippen molar-refractivity contribution in [3.63, 3.8) is 0 Å². The second-order valence-corrected chi connectivity index (χ2v) is 5.03. The van der Waals surface area contributed by atoms with E-state index < -0.39 is 0 Å². The molecule has 0 unspecified atom stereocenters. The second kappa shape index (κ2) is 6.77. The molecule has 1 heterocycles. The van der Waals surface area contributed by atoms with E-state index in [0.29, 0.717) is 13.0 Å². The lowest BCUT2D eigenvalue weighted by Crippen LogP contribution is -2.07. The maximum atomic E-state index is 8.73. The number of hydrogen-bond donors (Lipinski definition) is 0. The summed E-state index contributed by atoms with van der Waals surface area (Å²) < 4.78 is 7.97. The topological polar surface area (TPSA) is 50.8 Å². The monoisotopic (exact) mass is 291 g/mol. The zero-order valence-electron chi connectivity index (χ0n) is 12.3. The summed E-state index contributed by atoms with van der Waals surface area (Å²) in [6.45, 7) is 1.20. The highest BCUT2D eigenvalue weighted by molar-refractivity contribution is 5.75. The average molecular weight is 291 g/mol. The Morgan fingerprint density at radius 2 is 1.82 bits per heavy atom. The zero-order chi connectivity index (χ0) is 15.2. The highest BCUT2D eigenvalue weighted by Gasteiger charge is 2.10. The van der Waals surface area contributed by atoms with Gasteiger partial charge in [0.15, 0.2) is 0 Å². The molecule has 0 aliphatic rings. The number of rotatable bonds is 6. The van der Waals surface area contributed by atoms with E-state index in [1.807, 2.05) is 48.5 Å². The Hall–Kier alpha value is -2.80. The van der Waals surface area contributed by atoms with Crippen LogP contribution in [0.2, 0.25) is 0 Å². The number of aryl methyl sites for hydroxylation is 1. The number of hydrogen-bond acceptors (Lipinski definition) is 3. The second-order valence-electron chi connectivity index (χ2n) is 5.03. The molecule has 22 heavy (non-hydrogen) atoms. The van der Waals surface area contributed by atoms with Gasteiger partial charge in [0.1, 0.15) is 18.2 Å². The van der Waals surface area contributed by atoms with E-state index >= 15 is 0 Å². The molecule has 3 rings (SSSR count). The summed E-state index contributed by atoms with van der Waals surface area (Å²) in [6, 6.07) is 20.0. The predicted molar refractivity (Wildman–Crippen MR) is 85.4 cm³/mol. The van der Waals surface area contributed by atoms with Gasteiger partial charge >= 0.3 is 0 Å². The Morgan fingerprint density at radius 1 is 1.05 bits per heavy atom. The summed E-state index contributed by atoms with van der Waals surface area (Å²) in [7, 11) is 0. The van der Waals surface area contributed by atoms with Crippen LogP contribution in [-0.2, 0) is 13.2 Å². The van der Waals surface area contributed by atoms with Gasteiger partial charge in [0.05, 0.1) is 17.1 Å². The maximum Gasteiger partial charge on any atom is 0.147 e. The number of aromatic nitrogens is 2. The highest BCUT2D eigenvalue weighted by Crippen LogP contribution is 2.19. The molecule has 1 aromatic heterocycles. The molecule has 0 radical (unpaired) electrons. The van der Waals surface area contributed by atoms with Crippen molar-refractivity contribution in [1.82, 2.24) is 9.55 Å². The third kappa shape index (κ3) is 3.09. The quantitative estimate of drug-likeness (QED) is 0.647. The summed E-state index contributed by atoms with van der Waals surface area (Å²) in [5.41, 5.74) is 2.05. The number of ether oxygens (including phenoxy) is 1. The van der Waals surface area contributed by atoms with E-state index in [0.717, 1.165) is 35.6 Å². The van der Waals surface area contributed by atoms with Gasteiger partial charge in [0, 0.05) is 13.0 Å². The Morgan fingerprint density at radius 3 is 2.64 bits per heavy atom. The van der Waals surface area contributed by atoms with Gasteiger partial charge in [0.2, 0.25) is 0 Å². The van der Waals surface area contributed by atoms with Crippen LogP contribution >= 0.6 is 0 Å². The van der Waals surface area contributed by atoms with Gasteiger partial charge < -0.3 is 9.30 Å². The van der Waals surface area contributed by atoms with Crippen LogP contribution in [-0.4, -0.2) is 9.55 Å². The van der Waals surface area contributed by atoms with Crippen molar-refractivity contribution in [2.45, 2.75) is 26.0 Å². The predicted octanol–water partition coefficient (Wildman–Crippen LogP) is 3.92. The normalized spacial score (nSPS) is 10.5. The summed E-state index contributed by atoms with van der Waals surface area (Å²) in [6.07, 6.45) is 1.36. The fourth-order valence-electron chi connectivity index (χ4n) is 2.47. The molecule has 0 bridgehead atoms. The fraction of sp³-hybridized carbons (Fsp3) is 0.222. The molecule has 4 heteroatoms. The molecule has 2 aromatic carbocycles. The first kappa shape index (κ1) is 14.2. The number of nitrogens with zero attached hydrogens (tertiary/aromatic N) is 3. The minimum absolute atomic E-state index is 0.422. The summed E-state index contributed by atoms with van der Waals surface area (Å²) in [5.74, 6) is 1.72. The molecule has 0 aliphatic carbocycles. The van der Waals surface area contributed by atoms with Crippen LogP contribution in [0.4, 0.5) is 0 Å². The van der Waals surface area contributed by atoms with E-state index in [-0.39, 0.29) is 0 Å². The molecular formula is C18H17N3O. The smallest absolute Gasteiger partial charge is 0.147 e. The van der Waals surface area contributed by atoms with Crippen LogP contribution in [0.1, 0.15) is 18.7 Å². The first-order valence-corrected chi connectivity index (χ1v) is 7.37. The average Bonchev–Trinajstić information content (AvgIpc) is 2.92. The van der Waals surface area contributed by atoms with Crippen LogP contribution in [0.5, 0.6) is 5.75 Å². The number of benzene rings is 2. The van der Waals surface area contributed by atoms with Gasteiger partial charge in [-0.1, -0.05) is 30.3 Å². The van der Waals surface area contributed by atoms with Crippen LogP contribution < -0.4 is 4.74 Å². The number of unbranched alkanes of at least 4 members (excludes halogenated alkanes) is 1. The van der Waals surface area contributed by atoms with Crippen molar-refractivity contribution in [2.75, 3.05) is 0 Å². The molecule has 0 saturated carbocycles. The van der Waals surface area contributed by atoms with Crippen LogP contribution in [0, 0.1) is 11.3 Å².